The van der Waals surface area contributed by atoms with Gasteiger partial charge in [-0.1, -0.05) is 12.1 Å². The first-order valence-electron chi connectivity index (χ1n) is 7.22. The molecule has 0 aliphatic rings. The summed E-state index contributed by atoms with van der Waals surface area (Å²) in [5.74, 6) is 0. The van der Waals surface area contributed by atoms with Gasteiger partial charge in [-0.15, -0.1) is 11.3 Å². The number of sulfone groups is 1. The Morgan fingerprint density at radius 1 is 0.923 bits per heavy atom. The average Bonchev–Trinajstić information content (AvgIpc) is 2.95. The van der Waals surface area contributed by atoms with Gasteiger partial charge in [0.15, 0.2) is 13.8 Å². The van der Waals surface area contributed by atoms with Crippen LogP contribution in [0.3, 0.4) is 0 Å². The van der Waals surface area contributed by atoms with Crippen LogP contribution in [0.2, 0.25) is 0 Å². The molecule has 0 radical (unpaired) electrons. The van der Waals surface area contributed by atoms with Crippen molar-refractivity contribution >= 4 is 43.4 Å². The zero-order valence-electron chi connectivity index (χ0n) is 13.5. The summed E-state index contributed by atoms with van der Waals surface area (Å²) in [6.45, 7) is 0. The number of primary sulfonamides is 1. The van der Waals surface area contributed by atoms with Crippen LogP contribution in [-0.4, -0.2) is 27.7 Å². The molecule has 0 fully saturated rings. The second kappa shape index (κ2) is 6.71. The van der Waals surface area contributed by atoms with Crippen LogP contribution in [0.4, 0.5) is 0 Å². The first-order chi connectivity index (χ1) is 12.1. The Balaban J connectivity index is 2.09. The van der Waals surface area contributed by atoms with Gasteiger partial charge in [0.1, 0.15) is 0 Å². The van der Waals surface area contributed by atoms with E-state index in [1.165, 1.54) is 23.5 Å². The highest BCUT2D eigenvalue weighted by molar-refractivity contribution is 7.90. The van der Waals surface area contributed by atoms with Crippen LogP contribution >= 0.6 is 23.6 Å². The van der Waals surface area contributed by atoms with Crippen molar-refractivity contribution in [3.63, 3.8) is 0 Å². The van der Waals surface area contributed by atoms with Crippen molar-refractivity contribution in [1.82, 2.24) is 4.57 Å². The number of hydrogen-bond donors (Lipinski definition) is 1. The fourth-order valence-electron chi connectivity index (χ4n) is 2.41. The van der Waals surface area contributed by atoms with Crippen molar-refractivity contribution < 1.29 is 16.8 Å². The zero-order valence-corrected chi connectivity index (χ0v) is 16.8. The largest absolute Gasteiger partial charge is 0.292 e. The molecule has 0 saturated carbocycles. The summed E-state index contributed by atoms with van der Waals surface area (Å²) < 4.78 is 48.4. The van der Waals surface area contributed by atoms with E-state index < -0.39 is 19.9 Å². The minimum absolute atomic E-state index is 0.0158. The van der Waals surface area contributed by atoms with Crippen molar-refractivity contribution in [1.29, 1.82) is 0 Å². The van der Waals surface area contributed by atoms with Gasteiger partial charge in [-0.05, 0) is 54.2 Å². The molecule has 6 nitrogen and oxygen atoms in total. The van der Waals surface area contributed by atoms with Crippen molar-refractivity contribution in [2.45, 2.75) is 9.79 Å². The highest BCUT2D eigenvalue weighted by Gasteiger charge is 2.13. The number of aromatic nitrogens is 1. The minimum Gasteiger partial charge on any atom is -0.292 e. The second-order valence-electron chi connectivity index (χ2n) is 5.56. The highest BCUT2D eigenvalue weighted by Crippen LogP contribution is 2.29. The number of rotatable bonds is 4. The van der Waals surface area contributed by atoms with Gasteiger partial charge in [0.25, 0.3) is 0 Å². The van der Waals surface area contributed by atoms with Gasteiger partial charge in [-0.2, -0.15) is 0 Å². The van der Waals surface area contributed by atoms with E-state index in [4.69, 9.17) is 17.4 Å². The smallest absolute Gasteiger partial charge is 0.238 e. The molecule has 0 bridgehead atoms. The van der Waals surface area contributed by atoms with E-state index in [1.54, 1.807) is 41.0 Å². The van der Waals surface area contributed by atoms with E-state index >= 15 is 0 Å². The number of benzene rings is 2. The predicted octanol–water partition coefficient (Wildman–Crippen LogP) is 2.99. The van der Waals surface area contributed by atoms with Crippen LogP contribution < -0.4 is 5.14 Å². The number of nitrogens with two attached hydrogens (primary N) is 1. The quantitative estimate of drug-likeness (QED) is 0.647. The van der Waals surface area contributed by atoms with Crippen molar-refractivity contribution in [2.24, 2.45) is 5.14 Å². The first-order valence-corrected chi connectivity index (χ1v) is 11.9. The molecule has 0 aliphatic carbocycles. The third-order valence-corrected chi connectivity index (χ3v) is 6.95. The Labute approximate surface area is 160 Å². The van der Waals surface area contributed by atoms with Gasteiger partial charge in [0, 0.05) is 17.3 Å². The van der Waals surface area contributed by atoms with Gasteiger partial charge in [-0.3, -0.25) is 4.57 Å². The third-order valence-electron chi connectivity index (χ3n) is 3.70. The van der Waals surface area contributed by atoms with E-state index in [9.17, 15) is 16.8 Å². The van der Waals surface area contributed by atoms with E-state index in [2.05, 4.69) is 0 Å². The Kier molecular flexibility index (Phi) is 4.88. The Morgan fingerprint density at radius 3 is 1.96 bits per heavy atom. The van der Waals surface area contributed by atoms with Crippen LogP contribution in [0.5, 0.6) is 0 Å². The molecule has 0 aliphatic heterocycles. The topological polar surface area (TPSA) is 99.2 Å². The maximum absolute atomic E-state index is 11.6. The molecule has 3 rings (SSSR count). The minimum atomic E-state index is -3.77. The number of thiazole rings is 1. The molecule has 1 aromatic heterocycles. The molecule has 0 saturated heterocycles. The predicted molar refractivity (Wildman–Crippen MR) is 104 cm³/mol. The third kappa shape index (κ3) is 3.79. The van der Waals surface area contributed by atoms with Crippen LogP contribution in [-0.2, 0) is 19.9 Å². The number of hydrogen-bond acceptors (Lipinski definition) is 6. The number of nitrogens with zero attached hydrogens (tertiary/aromatic N) is 1. The van der Waals surface area contributed by atoms with Crippen molar-refractivity contribution in [3.05, 3.63) is 57.9 Å². The van der Waals surface area contributed by atoms with Gasteiger partial charge in [-0.25, -0.2) is 22.0 Å². The highest BCUT2D eigenvalue weighted by atomic mass is 32.2. The van der Waals surface area contributed by atoms with Crippen LogP contribution in [0.1, 0.15) is 0 Å². The van der Waals surface area contributed by atoms with Crippen LogP contribution in [0.25, 0.3) is 16.9 Å². The van der Waals surface area contributed by atoms with Gasteiger partial charge < -0.3 is 0 Å². The van der Waals surface area contributed by atoms with E-state index in [0.717, 1.165) is 17.5 Å². The SMILES string of the molecule is CS(=O)(=O)c1ccc(-c2csc(=S)n2-c2ccc(S(N)(=O)=O)cc2)cc1. The standard InChI is InChI=1S/C16H14N2O4S4/c1-25(19,20)13-6-2-11(3-7-13)15-10-24-16(23)18(15)12-4-8-14(9-5-12)26(17,21)22/h2-10H,1H3,(H2,17,21,22). The lowest BCUT2D eigenvalue weighted by atomic mass is 10.1. The fraction of sp³-hybridized carbons (Fsp3) is 0.0625. The maximum Gasteiger partial charge on any atom is 0.238 e. The van der Waals surface area contributed by atoms with Crippen LogP contribution in [0.15, 0.2) is 63.7 Å². The van der Waals surface area contributed by atoms with Gasteiger partial charge in [0.2, 0.25) is 10.0 Å². The lowest BCUT2D eigenvalue weighted by molar-refractivity contribution is 0.597. The molecule has 2 N–H and O–H groups in total. The lowest BCUT2D eigenvalue weighted by Gasteiger charge is -2.10. The Morgan fingerprint density at radius 2 is 1.46 bits per heavy atom. The monoisotopic (exact) mass is 426 g/mol. The Bertz CT molecular complexity index is 1220. The summed E-state index contributed by atoms with van der Waals surface area (Å²) in [6, 6.07) is 12.6. The molecular formula is C16H14N2O4S4. The number of sulfonamides is 1. The molecule has 136 valence electrons. The van der Waals surface area contributed by atoms with Crippen molar-refractivity contribution in [2.75, 3.05) is 6.26 Å². The summed E-state index contributed by atoms with van der Waals surface area (Å²) in [7, 11) is -7.04. The zero-order chi connectivity index (χ0) is 19.1. The summed E-state index contributed by atoms with van der Waals surface area (Å²) in [6.07, 6.45) is 1.15. The van der Waals surface area contributed by atoms with E-state index in [-0.39, 0.29) is 9.79 Å². The molecule has 1 heterocycles. The Hall–Kier alpha value is -1.85. The average molecular weight is 427 g/mol. The molecule has 0 atom stereocenters. The summed E-state index contributed by atoms with van der Waals surface area (Å²) >= 11 is 6.75. The lowest BCUT2D eigenvalue weighted by Crippen LogP contribution is -2.12. The molecule has 26 heavy (non-hydrogen) atoms. The van der Waals surface area contributed by atoms with Gasteiger partial charge >= 0.3 is 0 Å². The molecule has 0 amide bonds. The van der Waals surface area contributed by atoms with Crippen molar-refractivity contribution in [3.8, 4) is 16.9 Å². The molecule has 10 heteroatoms. The normalized spacial score (nSPS) is 12.2. The van der Waals surface area contributed by atoms with Gasteiger partial charge in [0.05, 0.1) is 15.5 Å². The molecular weight excluding hydrogens is 412 g/mol. The molecule has 0 spiro atoms. The maximum atomic E-state index is 11.6. The fourth-order valence-corrected chi connectivity index (χ4v) is 4.67. The summed E-state index contributed by atoms with van der Waals surface area (Å²) in [5.41, 5.74) is 2.26. The van der Waals surface area contributed by atoms with Crippen LogP contribution in [0, 0.1) is 3.95 Å². The second-order valence-corrected chi connectivity index (χ2v) is 10.6. The summed E-state index contributed by atoms with van der Waals surface area (Å²) in [5, 5.41) is 6.99. The summed E-state index contributed by atoms with van der Waals surface area (Å²) in [4.78, 5) is 0.251. The van der Waals surface area contributed by atoms with E-state index in [0.29, 0.717) is 9.64 Å². The van der Waals surface area contributed by atoms with E-state index in [1.807, 2.05) is 5.38 Å². The molecule has 3 aromatic rings. The molecule has 0 unspecified atom stereocenters. The first kappa shape index (κ1) is 18.9. The molecule has 2 aromatic carbocycles.